The lowest BCUT2D eigenvalue weighted by Gasteiger charge is -2.21. The molecule has 88 valence electrons. The van der Waals surface area contributed by atoms with Gasteiger partial charge in [-0.3, -0.25) is 10.1 Å². The van der Waals surface area contributed by atoms with Crippen LogP contribution in [0.5, 0.6) is 0 Å². The molecule has 0 aliphatic heterocycles. The molecule has 0 aliphatic carbocycles. The number of carbonyl (C=O) groups is 1. The van der Waals surface area contributed by atoms with Crippen LogP contribution in [0.25, 0.3) is 0 Å². The summed E-state index contributed by atoms with van der Waals surface area (Å²) in [5, 5.41) is 21.1. The lowest BCUT2D eigenvalue weighted by Crippen LogP contribution is -2.39. The minimum absolute atomic E-state index is 0.117. The van der Waals surface area contributed by atoms with Crippen molar-refractivity contribution in [2.24, 2.45) is 0 Å². The molecule has 0 amide bonds. The van der Waals surface area contributed by atoms with Crippen molar-refractivity contribution in [2.45, 2.75) is 25.4 Å². The van der Waals surface area contributed by atoms with E-state index in [-0.39, 0.29) is 12.6 Å². The number of carboxylic acids is 1. The van der Waals surface area contributed by atoms with Gasteiger partial charge < -0.3 is 10.2 Å². The molecule has 4 heteroatoms. The van der Waals surface area contributed by atoms with Crippen LogP contribution in [-0.4, -0.2) is 28.8 Å². The van der Waals surface area contributed by atoms with Crippen LogP contribution in [0.15, 0.2) is 30.3 Å². The zero-order chi connectivity index (χ0) is 12.0. The molecule has 3 N–H and O–H groups in total. The van der Waals surface area contributed by atoms with Gasteiger partial charge in [0.15, 0.2) is 0 Å². The predicted octanol–water partition coefficient (Wildman–Crippen LogP) is 1.17. The topological polar surface area (TPSA) is 69.6 Å². The van der Waals surface area contributed by atoms with Gasteiger partial charge in [0.2, 0.25) is 0 Å². The second-order valence-electron chi connectivity index (χ2n) is 3.61. The fourth-order valence-electron chi connectivity index (χ4n) is 1.55. The molecule has 0 aromatic heterocycles. The predicted molar refractivity (Wildman–Crippen MR) is 61.1 cm³/mol. The number of aliphatic hydroxyl groups excluding tert-OH is 1. The van der Waals surface area contributed by atoms with Gasteiger partial charge in [0.1, 0.15) is 6.04 Å². The second-order valence-corrected chi connectivity index (χ2v) is 3.61. The van der Waals surface area contributed by atoms with Crippen molar-refractivity contribution in [3.05, 3.63) is 35.9 Å². The molecule has 0 aliphatic rings. The molecule has 0 heterocycles. The summed E-state index contributed by atoms with van der Waals surface area (Å²) in [6, 6.07) is 8.37. The Morgan fingerprint density at radius 2 is 2.00 bits per heavy atom. The molecule has 0 bridgehead atoms. The summed E-state index contributed by atoms with van der Waals surface area (Å²) in [6.45, 7) is 1.68. The van der Waals surface area contributed by atoms with Crippen molar-refractivity contribution >= 4 is 5.97 Å². The highest BCUT2D eigenvalue weighted by atomic mass is 16.4. The summed E-state index contributed by atoms with van der Waals surface area (Å²) in [7, 11) is 0. The van der Waals surface area contributed by atoms with Crippen LogP contribution in [0.3, 0.4) is 0 Å². The standard InChI is InChI=1S/C12H17NO3/c1-2-10(12(15)16)13-11(8-14)9-6-4-3-5-7-9/h3-7,10-11,13-14H,2,8H2,1H3,(H,15,16)/t10?,11-/m0/s1. The number of carboxylic acid groups (broad SMARTS) is 1. The molecule has 1 rings (SSSR count). The summed E-state index contributed by atoms with van der Waals surface area (Å²) in [4.78, 5) is 10.9. The molecule has 1 aromatic carbocycles. The summed E-state index contributed by atoms with van der Waals surface area (Å²) in [5.41, 5.74) is 0.893. The Morgan fingerprint density at radius 3 is 2.44 bits per heavy atom. The van der Waals surface area contributed by atoms with Gasteiger partial charge in [-0.15, -0.1) is 0 Å². The number of hydrogen-bond acceptors (Lipinski definition) is 3. The number of nitrogens with one attached hydrogen (secondary N) is 1. The first kappa shape index (κ1) is 12.7. The van der Waals surface area contributed by atoms with Gasteiger partial charge in [-0.05, 0) is 12.0 Å². The van der Waals surface area contributed by atoms with Crippen molar-refractivity contribution in [2.75, 3.05) is 6.61 Å². The Labute approximate surface area is 94.9 Å². The highest BCUT2D eigenvalue weighted by Gasteiger charge is 2.19. The molecule has 0 spiro atoms. The van der Waals surface area contributed by atoms with E-state index in [1.54, 1.807) is 6.92 Å². The molecule has 1 aromatic rings. The molecule has 1 unspecified atom stereocenters. The molecule has 16 heavy (non-hydrogen) atoms. The Balaban J connectivity index is 2.72. The molecular formula is C12H17NO3. The van der Waals surface area contributed by atoms with Crippen molar-refractivity contribution in [3.8, 4) is 0 Å². The highest BCUT2D eigenvalue weighted by molar-refractivity contribution is 5.73. The van der Waals surface area contributed by atoms with Crippen LogP contribution < -0.4 is 5.32 Å². The van der Waals surface area contributed by atoms with E-state index in [9.17, 15) is 9.90 Å². The van der Waals surface area contributed by atoms with Crippen molar-refractivity contribution in [1.29, 1.82) is 0 Å². The number of rotatable bonds is 6. The maximum Gasteiger partial charge on any atom is 0.320 e. The first-order chi connectivity index (χ1) is 7.69. The quantitative estimate of drug-likeness (QED) is 0.677. The largest absolute Gasteiger partial charge is 0.480 e. The normalized spacial score (nSPS) is 14.4. The van der Waals surface area contributed by atoms with E-state index in [4.69, 9.17) is 5.11 Å². The van der Waals surface area contributed by atoms with Crippen LogP contribution in [0.4, 0.5) is 0 Å². The molecule has 0 saturated carbocycles. The SMILES string of the molecule is CCC(N[C@@H](CO)c1ccccc1)C(=O)O. The maximum absolute atomic E-state index is 10.9. The third kappa shape index (κ3) is 3.32. The third-order valence-corrected chi connectivity index (χ3v) is 2.49. The Morgan fingerprint density at radius 1 is 1.38 bits per heavy atom. The van der Waals surface area contributed by atoms with Gasteiger partial charge in [0, 0.05) is 0 Å². The van der Waals surface area contributed by atoms with Crippen molar-refractivity contribution < 1.29 is 15.0 Å². The van der Waals surface area contributed by atoms with Crippen LogP contribution in [0.1, 0.15) is 24.9 Å². The van der Waals surface area contributed by atoms with E-state index >= 15 is 0 Å². The zero-order valence-electron chi connectivity index (χ0n) is 9.26. The first-order valence-electron chi connectivity index (χ1n) is 5.33. The molecular weight excluding hydrogens is 206 g/mol. The molecule has 0 fully saturated rings. The zero-order valence-corrected chi connectivity index (χ0v) is 9.26. The lowest BCUT2D eigenvalue weighted by molar-refractivity contribution is -0.139. The van der Waals surface area contributed by atoms with Gasteiger partial charge in [0.25, 0.3) is 0 Å². The molecule has 2 atom stereocenters. The van der Waals surface area contributed by atoms with Crippen molar-refractivity contribution in [1.82, 2.24) is 5.32 Å². The van der Waals surface area contributed by atoms with E-state index < -0.39 is 12.0 Å². The lowest BCUT2D eigenvalue weighted by atomic mass is 10.1. The van der Waals surface area contributed by atoms with Gasteiger partial charge in [0.05, 0.1) is 12.6 Å². The molecule has 0 saturated heterocycles. The van der Waals surface area contributed by atoms with E-state index in [0.717, 1.165) is 5.56 Å². The van der Waals surface area contributed by atoms with Crippen molar-refractivity contribution in [3.63, 3.8) is 0 Å². The van der Waals surface area contributed by atoms with Crippen LogP contribution in [-0.2, 0) is 4.79 Å². The van der Waals surface area contributed by atoms with Crippen LogP contribution >= 0.6 is 0 Å². The Hall–Kier alpha value is -1.39. The summed E-state index contributed by atoms with van der Waals surface area (Å²) in [6.07, 6.45) is 0.485. The Kier molecular flexibility index (Phi) is 4.95. The average molecular weight is 223 g/mol. The van der Waals surface area contributed by atoms with E-state index in [1.165, 1.54) is 0 Å². The van der Waals surface area contributed by atoms with E-state index in [2.05, 4.69) is 5.32 Å². The van der Waals surface area contributed by atoms with E-state index in [1.807, 2.05) is 30.3 Å². The van der Waals surface area contributed by atoms with Gasteiger partial charge in [-0.25, -0.2) is 0 Å². The number of aliphatic carboxylic acids is 1. The third-order valence-electron chi connectivity index (χ3n) is 2.49. The number of hydrogen-bond donors (Lipinski definition) is 3. The van der Waals surface area contributed by atoms with Crippen LogP contribution in [0.2, 0.25) is 0 Å². The van der Waals surface area contributed by atoms with Gasteiger partial charge in [-0.2, -0.15) is 0 Å². The minimum Gasteiger partial charge on any atom is -0.480 e. The molecule has 4 nitrogen and oxygen atoms in total. The smallest absolute Gasteiger partial charge is 0.320 e. The second kappa shape index (κ2) is 6.25. The maximum atomic E-state index is 10.9. The summed E-state index contributed by atoms with van der Waals surface area (Å²) >= 11 is 0. The van der Waals surface area contributed by atoms with Gasteiger partial charge >= 0.3 is 5.97 Å². The first-order valence-corrected chi connectivity index (χ1v) is 5.33. The van der Waals surface area contributed by atoms with E-state index in [0.29, 0.717) is 6.42 Å². The number of aliphatic hydroxyl groups is 1. The fourth-order valence-corrected chi connectivity index (χ4v) is 1.55. The average Bonchev–Trinajstić information content (AvgIpc) is 2.31. The van der Waals surface area contributed by atoms with Gasteiger partial charge in [-0.1, -0.05) is 37.3 Å². The number of benzene rings is 1. The minimum atomic E-state index is -0.892. The summed E-state index contributed by atoms with van der Waals surface area (Å²) < 4.78 is 0. The fraction of sp³-hybridized carbons (Fsp3) is 0.417. The van der Waals surface area contributed by atoms with Crippen LogP contribution in [0, 0.1) is 0 Å². The summed E-state index contributed by atoms with van der Waals surface area (Å²) in [5.74, 6) is -0.892. The molecule has 0 radical (unpaired) electrons. The monoisotopic (exact) mass is 223 g/mol. The highest BCUT2D eigenvalue weighted by Crippen LogP contribution is 2.13. The Bertz CT molecular complexity index is 326.